The zero-order valence-corrected chi connectivity index (χ0v) is 24.9. The van der Waals surface area contributed by atoms with Crippen molar-refractivity contribution < 1.29 is 24.2 Å². The Morgan fingerprint density at radius 3 is 2.62 bits per heavy atom. The number of nitrogens with zero attached hydrogens (tertiary/aromatic N) is 2. The second-order valence-corrected chi connectivity index (χ2v) is 13.0. The second kappa shape index (κ2) is 12.9. The van der Waals surface area contributed by atoms with Crippen LogP contribution in [-0.4, -0.2) is 74.5 Å². The summed E-state index contributed by atoms with van der Waals surface area (Å²) >= 11 is 1.63. The van der Waals surface area contributed by atoms with Gasteiger partial charge in [-0.1, -0.05) is 62.8 Å². The molecule has 0 saturated carbocycles. The van der Waals surface area contributed by atoms with Crippen molar-refractivity contribution in [2.75, 3.05) is 19.8 Å². The fraction of sp³-hybridized carbons (Fsp3) is 0.594. The van der Waals surface area contributed by atoms with Crippen LogP contribution in [0.5, 0.6) is 0 Å². The van der Waals surface area contributed by atoms with E-state index in [1.807, 2.05) is 42.2 Å². The van der Waals surface area contributed by atoms with Crippen LogP contribution in [0.2, 0.25) is 0 Å². The molecule has 4 unspecified atom stereocenters. The summed E-state index contributed by atoms with van der Waals surface area (Å²) in [5, 5.41) is 10.6. The number of amides is 2. The van der Waals surface area contributed by atoms with Crippen molar-refractivity contribution in [3.63, 3.8) is 0 Å². The van der Waals surface area contributed by atoms with E-state index in [2.05, 4.69) is 27.0 Å². The van der Waals surface area contributed by atoms with E-state index in [1.165, 1.54) is 0 Å². The van der Waals surface area contributed by atoms with Gasteiger partial charge in [-0.15, -0.1) is 24.9 Å². The highest BCUT2D eigenvalue weighted by atomic mass is 32.2. The molecule has 2 amide bonds. The number of rotatable bonds is 14. The molecule has 2 bridgehead atoms. The topological polar surface area (TPSA) is 87.1 Å². The number of aliphatic hydroxyl groups is 1. The standard InChI is InChI=1S/C32H44N2O5S/c1-6-9-13-18-39-31(38)26-25-19-21(4)32(40-25)27(26)29(36)34(24(20-35)23-15-11-10-12-16-23)28(32)30(37)33(17-8-3)22(5)14-7-2/h6,8,10-12,15-16,21-22,24-28,35H,1,3,7,9,13-14,17-20H2,2,4-5H3/t21?,22?,24-,25-,26+,27+,28?,32?/m1/s1. The van der Waals surface area contributed by atoms with Gasteiger partial charge in [0.1, 0.15) is 6.04 Å². The first-order valence-corrected chi connectivity index (χ1v) is 15.5. The number of fused-ring (bicyclic) bond motifs is 1. The molecule has 0 aliphatic carbocycles. The van der Waals surface area contributed by atoms with Crippen LogP contribution in [0, 0.1) is 17.8 Å². The van der Waals surface area contributed by atoms with E-state index in [0.29, 0.717) is 13.0 Å². The quantitative estimate of drug-likeness (QED) is 0.198. The highest BCUT2D eigenvalue weighted by molar-refractivity contribution is 8.02. The monoisotopic (exact) mass is 568 g/mol. The SMILES string of the molecule is C=CCCCOC(=O)[C@@H]1[C@H]2C(=O)N([C@H](CO)c3ccccc3)C(C(=O)N(CC=C)C(C)CCC)C23S[C@@H]1CC3C. The molecule has 218 valence electrons. The van der Waals surface area contributed by atoms with Crippen LogP contribution >= 0.6 is 11.8 Å². The molecule has 3 aliphatic rings. The van der Waals surface area contributed by atoms with Crippen molar-refractivity contribution in [3.8, 4) is 0 Å². The molecule has 3 aliphatic heterocycles. The molecule has 8 atom stereocenters. The molecular formula is C32H44N2O5S. The summed E-state index contributed by atoms with van der Waals surface area (Å²) in [4.78, 5) is 46.3. The van der Waals surface area contributed by atoms with Gasteiger partial charge in [-0.05, 0) is 44.1 Å². The van der Waals surface area contributed by atoms with Crippen LogP contribution in [0.1, 0.15) is 64.5 Å². The molecule has 1 N–H and O–H groups in total. The van der Waals surface area contributed by atoms with Crippen molar-refractivity contribution in [1.82, 2.24) is 9.80 Å². The third-order valence-corrected chi connectivity index (χ3v) is 11.1. The molecule has 4 rings (SSSR count). The summed E-state index contributed by atoms with van der Waals surface area (Å²) in [5.41, 5.74) is 0.764. The summed E-state index contributed by atoms with van der Waals surface area (Å²) in [6.07, 6.45) is 7.42. The fourth-order valence-corrected chi connectivity index (χ4v) is 9.62. The number of unbranched alkanes of at least 4 members (excludes halogenated alkanes) is 1. The first-order chi connectivity index (χ1) is 19.3. The van der Waals surface area contributed by atoms with Gasteiger partial charge in [-0.3, -0.25) is 14.4 Å². The predicted molar refractivity (Wildman–Crippen MR) is 158 cm³/mol. The summed E-state index contributed by atoms with van der Waals surface area (Å²) < 4.78 is 4.92. The van der Waals surface area contributed by atoms with E-state index < -0.39 is 28.7 Å². The minimum atomic E-state index is -0.815. The predicted octanol–water partition coefficient (Wildman–Crippen LogP) is 4.77. The minimum absolute atomic E-state index is 0.0300. The number of ether oxygens (including phenoxy) is 1. The van der Waals surface area contributed by atoms with E-state index in [9.17, 15) is 19.5 Å². The summed E-state index contributed by atoms with van der Waals surface area (Å²) in [7, 11) is 0. The van der Waals surface area contributed by atoms with Gasteiger partial charge in [-0.2, -0.15) is 0 Å². The van der Waals surface area contributed by atoms with Gasteiger partial charge >= 0.3 is 5.97 Å². The van der Waals surface area contributed by atoms with E-state index in [0.717, 1.165) is 31.2 Å². The van der Waals surface area contributed by atoms with Crippen LogP contribution < -0.4 is 0 Å². The maximum atomic E-state index is 14.7. The number of likely N-dealkylation sites (tertiary alicyclic amines) is 1. The average Bonchev–Trinajstić information content (AvgIpc) is 3.54. The van der Waals surface area contributed by atoms with E-state index >= 15 is 0 Å². The van der Waals surface area contributed by atoms with E-state index in [1.54, 1.807) is 28.8 Å². The van der Waals surface area contributed by atoms with Gasteiger partial charge in [0.15, 0.2) is 0 Å². The maximum absolute atomic E-state index is 14.7. The number of aliphatic hydroxyl groups excluding tert-OH is 1. The molecule has 8 heteroatoms. The Kier molecular flexibility index (Phi) is 9.83. The molecule has 1 aromatic rings. The number of hydrogen-bond acceptors (Lipinski definition) is 6. The molecule has 0 aromatic heterocycles. The van der Waals surface area contributed by atoms with Gasteiger partial charge in [-0.25, -0.2) is 0 Å². The molecular weight excluding hydrogens is 524 g/mol. The lowest BCUT2D eigenvalue weighted by Crippen LogP contribution is -2.59. The van der Waals surface area contributed by atoms with Crippen molar-refractivity contribution >= 4 is 29.5 Å². The van der Waals surface area contributed by atoms with Crippen LogP contribution in [0.15, 0.2) is 55.6 Å². The molecule has 1 spiro atoms. The Balaban J connectivity index is 1.80. The fourth-order valence-electron chi connectivity index (χ4n) is 7.23. The number of carbonyl (C=O) groups is 3. The Morgan fingerprint density at radius 2 is 2.00 bits per heavy atom. The zero-order valence-electron chi connectivity index (χ0n) is 24.0. The molecule has 1 aromatic carbocycles. The number of hydrogen-bond donors (Lipinski definition) is 1. The summed E-state index contributed by atoms with van der Waals surface area (Å²) in [6, 6.07) is 7.82. The van der Waals surface area contributed by atoms with Crippen molar-refractivity contribution in [2.45, 2.75) is 81.0 Å². The Labute approximate surface area is 243 Å². The van der Waals surface area contributed by atoms with Gasteiger partial charge in [0, 0.05) is 17.8 Å². The molecule has 0 radical (unpaired) electrons. The third kappa shape index (κ3) is 5.13. The van der Waals surface area contributed by atoms with Gasteiger partial charge in [0.05, 0.1) is 35.8 Å². The Bertz CT molecular complexity index is 1100. The molecule has 3 fully saturated rings. The smallest absolute Gasteiger partial charge is 0.310 e. The second-order valence-electron chi connectivity index (χ2n) is 11.4. The van der Waals surface area contributed by atoms with Crippen LogP contribution in [0.3, 0.4) is 0 Å². The van der Waals surface area contributed by atoms with Crippen molar-refractivity contribution in [2.24, 2.45) is 17.8 Å². The maximum Gasteiger partial charge on any atom is 0.310 e. The Hall–Kier alpha value is -2.58. The number of esters is 1. The number of carbonyl (C=O) groups excluding carboxylic acids is 3. The lowest BCUT2D eigenvalue weighted by molar-refractivity contribution is -0.155. The highest BCUT2D eigenvalue weighted by Crippen LogP contribution is 2.69. The molecule has 3 saturated heterocycles. The third-order valence-electron chi connectivity index (χ3n) is 9.03. The summed E-state index contributed by atoms with van der Waals surface area (Å²) in [6.45, 7) is 14.2. The largest absolute Gasteiger partial charge is 0.465 e. The lowest BCUT2D eigenvalue weighted by atomic mass is 9.66. The highest BCUT2D eigenvalue weighted by Gasteiger charge is 2.77. The lowest BCUT2D eigenvalue weighted by Gasteiger charge is -2.43. The van der Waals surface area contributed by atoms with Crippen molar-refractivity contribution in [3.05, 3.63) is 61.2 Å². The number of thioether (sulfide) groups is 1. The van der Waals surface area contributed by atoms with E-state index in [4.69, 9.17) is 4.74 Å². The zero-order chi connectivity index (χ0) is 29.0. The minimum Gasteiger partial charge on any atom is -0.465 e. The van der Waals surface area contributed by atoms with Crippen LogP contribution in [-0.2, 0) is 19.1 Å². The molecule has 3 heterocycles. The summed E-state index contributed by atoms with van der Waals surface area (Å²) in [5.74, 6) is -2.00. The first-order valence-electron chi connectivity index (χ1n) is 14.6. The van der Waals surface area contributed by atoms with Crippen LogP contribution in [0.4, 0.5) is 0 Å². The first kappa shape index (κ1) is 30.4. The normalized spacial score (nSPS) is 30.1. The average molecular weight is 569 g/mol. The van der Waals surface area contributed by atoms with Gasteiger partial charge in [0.2, 0.25) is 11.8 Å². The molecule has 40 heavy (non-hydrogen) atoms. The Morgan fingerprint density at radius 1 is 1.27 bits per heavy atom. The number of allylic oxidation sites excluding steroid dienone is 1. The molecule has 7 nitrogen and oxygen atoms in total. The number of benzene rings is 1. The van der Waals surface area contributed by atoms with E-state index in [-0.39, 0.29) is 48.2 Å². The van der Waals surface area contributed by atoms with Crippen LogP contribution in [0.25, 0.3) is 0 Å². The van der Waals surface area contributed by atoms with Gasteiger partial charge < -0.3 is 19.6 Å². The van der Waals surface area contributed by atoms with Gasteiger partial charge in [0.25, 0.3) is 0 Å². The van der Waals surface area contributed by atoms with Crippen molar-refractivity contribution in [1.29, 1.82) is 0 Å².